The van der Waals surface area contributed by atoms with Gasteiger partial charge < -0.3 is 14.4 Å². The number of thiophene rings is 1. The molecule has 3 saturated heterocycles. The van der Waals surface area contributed by atoms with Gasteiger partial charge in [0, 0.05) is 48.6 Å². The standard InChI is InChI=1S/C17H24N2O3S/c1-12-2-3-14(23-12)8-18-9-15-16(10-18)22-11-17(20)19(15)13-4-6-21-7-5-13/h2-3,13,15-16H,4-11H2,1H3/t15-,16-/m0/s1. The molecule has 2 atom stereocenters. The van der Waals surface area contributed by atoms with Crippen LogP contribution in [0.4, 0.5) is 0 Å². The van der Waals surface area contributed by atoms with E-state index in [4.69, 9.17) is 9.47 Å². The minimum Gasteiger partial charge on any atom is -0.381 e. The van der Waals surface area contributed by atoms with E-state index in [-0.39, 0.29) is 24.7 Å². The van der Waals surface area contributed by atoms with Crippen molar-refractivity contribution in [2.45, 2.75) is 44.5 Å². The first-order valence-electron chi connectivity index (χ1n) is 8.49. The minimum absolute atomic E-state index is 0.159. The Bertz CT molecular complexity index is 570. The van der Waals surface area contributed by atoms with Gasteiger partial charge in [-0.05, 0) is 31.9 Å². The quantitative estimate of drug-likeness (QED) is 0.842. The van der Waals surface area contributed by atoms with E-state index in [1.165, 1.54) is 9.75 Å². The Kier molecular flexibility index (Phi) is 4.41. The maximum absolute atomic E-state index is 12.4. The van der Waals surface area contributed by atoms with E-state index in [2.05, 4.69) is 28.9 Å². The molecule has 126 valence electrons. The Morgan fingerprint density at radius 2 is 2.09 bits per heavy atom. The van der Waals surface area contributed by atoms with Crippen LogP contribution in [0.2, 0.25) is 0 Å². The Labute approximate surface area is 141 Å². The zero-order chi connectivity index (χ0) is 15.8. The summed E-state index contributed by atoms with van der Waals surface area (Å²) in [6, 6.07) is 4.93. The second-order valence-electron chi connectivity index (χ2n) is 6.77. The first-order valence-corrected chi connectivity index (χ1v) is 9.30. The highest BCUT2D eigenvalue weighted by atomic mass is 32.1. The first kappa shape index (κ1) is 15.6. The normalized spacial score (nSPS) is 30.0. The van der Waals surface area contributed by atoms with Crippen LogP contribution in [0, 0.1) is 6.92 Å². The lowest BCUT2D eigenvalue weighted by molar-refractivity contribution is -0.159. The van der Waals surface area contributed by atoms with Crippen LogP contribution in [0.15, 0.2) is 12.1 Å². The predicted octanol–water partition coefficient (Wildman–Crippen LogP) is 1.65. The van der Waals surface area contributed by atoms with Gasteiger partial charge in [-0.1, -0.05) is 0 Å². The van der Waals surface area contributed by atoms with Gasteiger partial charge in [-0.25, -0.2) is 0 Å². The van der Waals surface area contributed by atoms with Crippen molar-refractivity contribution in [3.63, 3.8) is 0 Å². The van der Waals surface area contributed by atoms with Gasteiger partial charge >= 0.3 is 0 Å². The number of nitrogens with zero attached hydrogens (tertiary/aromatic N) is 2. The molecular formula is C17H24N2O3S. The summed E-state index contributed by atoms with van der Waals surface area (Å²) in [7, 11) is 0. The smallest absolute Gasteiger partial charge is 0.249 e. The number of rotatable bonds is 3. The van der Waals surface area contributed by atoms with Crippen LogP contribution >= 0.6 is 11.3 Å². The molecule has 0 saturated carbocycles. The maximum Gasteiger partial charge on any atom is 0.249 e. The summed E-state index contributed by atoms with van der Waals surface area (Å²) < 4.78 is 11.3. The van der Waals surface area contributed by atoms with E-state index >= 15 is 0 Å². The molecule has 0 spiro atoms. The molecule has 0 aliphatic carbocycles. The summed E-state index contributed by atoms with van der Waals surface area (Å²) in [5.74, 6) is 0.159. The number of fused-ring (bicyclic) bond motifs is 1. The van der Waals surface area contributed by atoms with E-state index in [0.717, 1.165) is 45.7 Å². The van der Waals surface area contributed by atoms with Crippen molar-refractivity contribution in [1.29, 1.82) is 0 Å². The fraction of sp³-hybridized carbons (Fsp3) is 0.706. The highest BCUT2D eigenvalue weighted by molar-refractivity contribution is 7.11. The molecule has 1 aromatic rings. The Hall–Kier alpha value is -0.950. The number of ether oxygens (including phenoxy) is 2. The fourth-order valence-electron chi connectivity index (χ4n) is 4.06. The number of morpholine rings is 1. The third-order valence-corrected chi connectivity index (χ3v) is 6.12. The Morgan fingerprint density at radius 1 is 1.26 bits per heavy atom. The van der Waals surface area contributed by atoms with Crippen molar-refractivity contribution in [1.82, 2.24) is 9.80 Å². The van der Waals surface area contributed by atoms with E-state index in [9.17, 15) is 4.79 Å². The predicted molar refractivity (Wildman–Crippen MR) is 88.5 cm³/mol. The third kappa shape index (κ3) is 3.18. The molecule has 23 heavy (non-hydrogen) atoms. The average molecular weight is 336 g/mol. The monoisotopic (exact) mass is 336 g/mol. The Morgan fingerprint density at radius 3 is 2.83 bits per heavy atom. The average Bonchev–Trinajstić information content (AvgIpc) is 3.14. The number of hydrogen-bond donors (Lipinski definition) is 0. The lowest BCUT2D eigenvalue weighted by Gasteiger charge is -2.43. The molecular weight excluding hydrogens is 312 g/mol. The van der Waals surface area contributed by atoms with Crippen LogP contribution in [-0.2, 0) is 20.8 Å². The van der Waals surface area contributed by atoms with Gasteiger partial charge in [0.1, 0.15) is 6.61 Å². The molecule has 3 fully saturated rings. The molecule has 5 nitrogen and oxygen atoms in total. The number of aryl methyl sites for hydroxylation is 1. The number of carbonyl (C=O) groups excluding carboxylic acids is 1. The minimum atomic E-state index is 0.159. The topological polar surface area (TPSA) is 42.0 Å². The number of hydrogen-bond acceptors (Lipinski definition) is 5. The summed E-state index contributed by atoms with van der Waals surface area (Å²) in [4.78, 5) is 19.8. The second-order valence-corrected chi connectivity index (χ2v) is 8.14. The molecule has 1 aromatic heterocycles. The largest absolute Gasteiger partial charge is 0.381 e. The van der Waals surface area contributed by atoms with Crippen LogP contribution < -0.4 is 0 Å². The highest BCUT2D eigenvalue weighted by Crippen LogP contribution is 2.30. The molecule has 4 heterocycles. The first-order chi connectivity index (χ1) is 11.2. The summed E-state index contributed by atoms with van der Waals surface area (Å²) in [6.07, 6.45) is 2.08. The molecule has 0 N–H and O–H groups in total. The van der Waals surface area contributed by atoms with Gasteiger partial charge in [0.2, 0.25) is 5.91 Å². The molecule has 6 heteroatoms. The molecule has 0 radical (unpaired) electrons. The van der Waals surface area contributed by atoms with Crippen molar-refractivity contribution in [3.8, 4) is 0 Å². The molecule has 3 aliphatic heterocycles. The molecule has 4 rings (SSSR count). The molecule has 0 bridgehead atoms. The zero-order valence-electron chi connectivity index (χ0n) is 13.6. The van der Waals surface area contributed by atoms with Gasteiger partial charge in [-0.15, -0.1) is 11.3 Å². The van der Waals surface area contributed by atoms with Gasteiger partial charge in [-0.3, -0.25) is 9.69 Å². The summed E-state index contributed by atoms with van der Waals surface area (Å²) in [5, 5.41) is 0. The fourth-order valence-corrected chi connectivity index (χ4v) is 4.99. The Balaban J connectivity index is 1.46. The molecule has 1 amide bonds. The lowest BCUT2D eigenvalue weighted by atomic mass is 10.0. The van der Waals surface area contributed by atoms with Crippen molar-refractivity contribution in [2.24, 2.45) is 0 Å². The van der Waals surface area contributed by atoms with Crippen LogP contribution in [-0.4, -0.2) is 66.8 Å². The highest BCUT2D eigenvalue weighted by Gasteiger charge is 2.45. The SMILES string of the molecule is Cc1ccc(CN2C[C@@H]3OCC(=O)N(C4CCOCC4)[C@H]3C2)s1. The summed E-state index contributed by atoms with van der Waals surface area (Å²) in [6.45, 7) is 6.73. The molecule has 0 aromatic carbocycles. The lowest BCUT2D eigenvalue weighted by Crippen LogP contribution is -2.58. The van der Waals surface area contributed by atoms with Gasteiger partial charge in [0.05, 0.1) is 12.1 Å². The van der Waals surface area contributed by atoms with E-state index < -0.39 is 0 Å². The van der Waals surface area contributed by atoms with Crippen LogP contribution in [0.3, 0.4) is 0 Å². The van der Waals surface area contributed by atoms with Gasteiger partial charge in [0.25, 0.3) is 0 Å². The van der Waals surface area contributed by atoms with Gasteiger partial charge in [0.15, 0.2) is 0 Å². The third-order valence-electron chi connectivity index (χ3n) is 5.14. The zero-order valence-corrected chi connectivity index (χ0v) is 14.4. The van der Waals surface area contributed by atoms with Crippen LogP contribution in [0.1, 0.15) is 22.6 Å². The van der Waals surface area contributed by atoms with E-state index in [1.54, 1.807) is 0 Å². The van der Waals surface area contributed by atoms with E-state index in [1.807, 2.05) is 11.3 Å². The van der Waals surface area contributed by atoms with Gasteiger partial charge in [-0.2, -0.15) is 0 Å². The van der Waals surface area contributed by atoms with Crippen molar-refractivity contribution in [3.05, 3.63) is 21.9 Å². The summed E-state index contributed by atoms with van der Waals surface area (Å²) in [5.41, 5.74) is 0. The number of likely N-dealkylation sites (tertiary alicyclic amines) is 1. The van der Waals surface area contributed by atoms with Crippen LogP contribution in [0.25, 0.3) is 0 Å². The van der Waals surface area contributed by atoms with E-state index in [0.29, 0.717) is 6.04 Å². The van der Waals surface area contributed by atoms with Crippen molar-refractivity contribution in [2.75, 3.05) is 32.9 Å². The number of carbonyl (C=O) groups is 1. The summed E-state index contributed by atoms with van der Waals surface area (Å²) >= 11 is 1.86. The number of amides is 1. The maximum atomic E-state index is 12.4. The van der Waals surface area contributed by atoms with Crippen molar-refractivity contribution >= 4 is 17.2 Å². The molecule has 3 aliphatic rings. The second kappa shape index (κ2) is 6.51. The molecule has 0 unspecified atom stereocenters. The van der Waals surface area contributed by atoms with Crippen LogP contribution in [0.5, 0.6) is 0 Å². The van der Waals surface area contributed by atoms with Crippen molar-refractivity contribution < 1.29 is 14.3 Å².